The highest BCUT2D eigenvalue weighted by Gasteiger charge is 2.33. The lowest BCUT2D eigenvalue weighted by atomic mass is 9.94. The molecule has 0 aromatic heterocycles. The maximum atomic E-state index is 12.6. The standard InChI is InChI=1S/C16H26N2O2S/c1-13-5-4-10-18(14(13)2)21(19,20)12-16-8-6-15(7-9-16)11-17-3/h6-9,13-14,17H,4-5,10-12H2,1-3H3. The molecule has 1 fully saturated rings. The van der Waals surface area contributed by atoms with Crippen molar-refractivity contribution in [2.24, 2.45) is 5.92 Å². The van der Waals surface area contributed by atoms with Gasteiger partial charge in [-0.25, -0.2) is 8.42 Å². The fraction of sp³-hybridized carbons (Fsp3) is 0.625. The molecular weight excluding hydrogens is 284 g/mol. The second-order valence-corrected chi connectivity index (χ2v) is 8.00. The SMILES string of the molecule is CNCc1ccc(CS(=O)(=O)N2CCCC(C)C2C)cc1. The van der Waals surface area contributed by atoms with Crippen molar-refractivity contribution in [3.8, 4) is 0 Å². The molecule has 0 aliphatic carbocycles. The first-order valence-corrected chi connectivity index (χ1v) is 9.27. The summed E-state index contributed by atoms with van der Waals surface area (Å²) in [6.45, 7) is 5.62. The number of hydrogen-bond donors (Lipinski definition) is 1. The normalized spacial score (nSPS) is 24.1. The molecule has 118 valence electrons. The van der Waals surface area contributed by atoms with Gasteiger partial charge in [-0.05, 0) is 43.9 Å². The Morgan fingerprint density at radius 1 is 1.19 bits per heavy atom. The van der Waals surface area contributed by atoms with Gasteiger partial charge < -0.3 is 5.32 Å². The van der Waals surface area contributed by atoms with Crippen LogP contribution in [0.1, 0.15) is 37.8 Å². The second kappa shape index (κ2) is 6.90. The molecule has 0 bridgehead atoms. The molecule has 1 heterocycles. The average Bonchev–Trinajstić information content (AvgIpc) is 2.44. The summed E-state index contributed by atoms with van der Waals surface area (Å²) in [5.74, 6) is 0.538. The van der Waals surface area contributed by atoms with Crippen molar-refractivity contribution in [3.63, 3.8) is 0 Å². The van der Waals surface area contributed by atoms with Crippen LogP contribution in [0.15, 0.2) is 24.3 Å². The maximum absolute atomic E-state index is 12.6. The van der Waals surface area contributed by atoms with E-state index < -0.39 is 10.0 Å². The number of hydrogen-bond acceptors (Lipinski definition) is 3. The molecule has 1 saturated heterocycles. The zero-order chi connectivity index (χ0) is 15.5. The van der Waals surface area contributed by atoms with Gasteiger partial charge in [0.25, 0.3) is 0 Å². The molecule has 2 unspecified atom stereocenters. The average molecular weight is 310 g/mol. The Balaban J connectivity index is 2.09. The summed E-state index contributed by atoms with van der Waals surface area (Å²) >= 11 is 0. The van der Waals surface area contributed by atoms with Gasteiger partial charge in [-0.2, -0.15) is 4.31 Å². The summed E-state index contributed by atoms with van der Waals surface area (Å²) in [7, 11) is -1.33. The zero-order valence-corrected chi connectivity index (χ0v) is 14.0. The Morgan fingerprint density at radius 2 is 1.81 bits per heavy atom. The molecule has 4 nitrogen and oxygen atoms in total. The maximum Gasteiger partial charge on any atom is 0.218 e. The summed E-state index contributed by atoms with van der Waals surface area (Å²) in [4.78, 5) is 0. The first-order chi connectivity index (χ1) is 9.94. The summed E-state index contributed by atoms with van der Waals surface area (Å²) in [6, 6.07) is 7.92. The van der Waals surface area contributed by atoms with Crippen LogP contribution in [0.3, 0.4) is 0 Å². The molecule has 1 aliphatic rings. The highest BCUT2D eigenvalue weighted by atomic mass is 32.2. The van der Waals surface area contributed by atoms with Crippen LogP contribution in [-0.4, -0.2) is 32.4 Å². The van der Waals surface area contributed by atoms with Crippen molar-refractivity contribution < 1.29 is 8.42 Å². The van der Waals surface area contributed by atoms with Gasteiger partial charge in [0.05, 0.1) is 5.75 Å². The van der Waals surface area contributed by atoms with Crippen molar-refractivity contribution in [2.45, 2.75) is 45.0 Å². The second-order valence-electron chi connectivity index (χ2n) is 6.07. The predicted molar refractivity (Wildman–Crippen MR) is 86.4 cm³/mol. The summed E-state index contributed by atoms with van der Waals surface area (Å²) < 4.78 is 27.0. The highest BCUT2D eigenvalue weighted by molar-refractivity contribution is 7.88. The van der Waals surface area contributed by atoms with E-state index in [0.717, 1.165) is 24.9 Å². The Bertz CT molecular complexity index is 554. The molecule has 0 amide bonds. The summed E-state index contributed by atoms with van der Waals surface area (Å²) in [5, 5.41) is 3.09. The predicted octanol–water partition coefficient (Wildman–Crippen LogP) is 2.36. The molecule has 1 aromatic rings. The molecule has 2 atom stereocenters. The number of benzene rings is 1. The van der Waals surface area contributed by atoms with Gasteiger partial charge in [0.15, 0.2) is 0 Å². The van der Waals surface area contributed by atoms with E-state index in [4.69, 9.17) is 0 Å². The topological polar surface area (TPSA) is 49.4 Å². The lowest BCUT2D eigenvalue weighted by molar-refractivity contribution is 0.202. The number of sulfonamides is 1. The van der Waals surface area contributed by atoms with Gasteiger partial charge in [0, 0.05) is 19.1 Å². The fourth-order valence-electron chi connectivity index (χ4n) is 2.94. The minimum absolute atomic E-state index is 0.101. The quantitative estimate of drug-likeness (QED) is 0.908. The first kappa shape index (κ1) is 16.5. The third-order valence-electron chi connectivity index (χ3n) is 4.43. The van der Waals surface area contributed by atoms with Gasteiger partial charge in [0.1, 0.15) is 0 Å². The van der Waals surface area contributed by atoms with Gasteiger partial charge in [-0.3, -0.25) is 0 Å². The van der Waals surface area contributed by atoms with Crippen LogP contribution < -0.4 is 5.32 Å². The van der Waals surface area contributed by atoms with Crippen LogP contribution in [0.4, 0.5) is 0 Å². The van der Waals surface area contributed by atoms with Crippen LogP contribution in [0.5, 0.6) is 0 Å². The van der Waals surface area contributed by atoms with Crippen LogP contribution in [0.25, 0.3) is 0 Å². The van der Waals surface area contributed by atoms with Crippen LogP contribution >= 0.6 is 0 Å². The van der Waals surface area contributed by atoms with E-state index in [2.05, 4.69) is 12.2 Å². The number of nitrogens with one attached hydrogen (secondary N) is 1. The van der Waals surface area contributed by atoms with Crippen molar-refractivity contribution in [2.75, 3.05) is 13.6 Å². The Hall–Kier alpha value is -0.910. The smallest absolute Gasteiger partial charge is 0.218 e. The first-order valence-electron chi connectivity index (χ1n) is 7.66. The van der Waals surface area contributed by atoms with Gasteiger partial charge in [0.2, 0.25) is 10.0 Å². The fourth-order valence-corrected chi connectivity index (χ4v) is 4.84. The number of nitrogens with zero attached hydrogens (tertiary/aromatic N) is 1. The Morgan fingerprint density at radius 3 is 2.43 bits per heavy atom. The van der Waals surface area contributed by atoms with E-state index >= 15 is 0 Å². The van der Waals surface area contributed by atoms with Gasteiger partial charge in [-0.1, -0.05) is 31.2 Å². The molecule has 1 aliphatic heterocycles. The molecule has 0 radical (unpaired) electrons. The largest absolute Gasteiger partial charge is 0.316 e. The van der Waals surface area contributed by atoms with Crippen LogP contribution in [0, 0.1) is 5.92 Å². The number of rotatable bonds is 5. The van der Waals surface area contributed by atoms with Crippen LogP contribution in [-0.2, 0) is 22.3 Å². The monoisotopic (exact) mass is 310 g/mol. The summed E-state index contributed by atoms with van der Waals surface area (Å²) in [5.41, 5.74) is 2.03. The van der Waals surface area contributed by atoms with Crippen molar-refractivity contribution in [1.82, 2.24) is 9.62 Å². The van der Waals surface area contributed by atoms with E-state index in [1.165, 1.54) is 5.56 Å². The van der Waals surface area contributed by atoms with Crippen molar-refractivity contribution in [3.05, 3.63) is 35.4 Å². The highest BCUT2D eigenvalue weighted by Crippen LogP contribution is 2.26. The van der Waals surface area contributed by atoms with Crippen LogP contribution in [0.2, 0.25) is 0 Å². The van der Waals surface area contributed by atoms with Gasteiger partial charge in [-0.15, -0.1) is 0 Å². The molecule has 1 aromatic carbocycles. The Labute approximate surface area is 128 Å². The third-order valence-corrected chi connectivity index (χ3v) is 6.35. The minimum Gasteiger partial charge on any atom is -0.316 e. The molecule has 5 heteroatoms. The molecule has 2 rings (SSSR count). The lowest BCUT2D eigenvalue weighted by Gasteiger charge is -2.36. The van der Waals surface area contributed by atoms with E-state index in [1.807, 2.05) is 38.2 Å². The molecule has 1 N–H and O–H groups in total. The zero-order valence-electron chi connectivity index (χ0n) is 13.2. The van der Waals surface area contributed by atoms with Crippen molar-refractivity contribution >= 4 is 10.0 Å². The lowest BCUT2D eigenvalue weighted by Crippen LogP contribution is -2.46. The third kappa shape index (κ3) is 4.05. The van der Waals surface area contributed by atoms with E-state index in [1.54, 1.807) is 4.31 Å². The number of piperidine rings is 1. The molecule has 21 heavy (non-hydrogen) atoms. The van der Waals surface area contributed by atoms with Crippen molar-refractivity contribution in [1.29, 1.82) is 0 Å². The molecule has 0 saturated carbocycles. The summed E-state index contributed by atoms with van der Waals surface area (Å²) in [6.07, 6.45) is 2.08. The molecule has 0 spiro atoms. The minimum atomic E-state index is -3.23. The van der Waals surface area contributed by atoms with E-state index in [0.29, 0.717) is 12.5 Å². The molecular formula is C16H26N2O2S. The Kier molecular flexibility index (Phi) is 5.41. The van der Waals surface area contributed by atoms with Gasteiger partial charge >= 0.3 is 0 Å². The van der Waals surface area contributed by atoms with E-state index in [9.17, 15) is 8.42 Å². The van der Waals surface area contributed by atoms with E-state index in [-0.39, 0.29) is 11.8 Å².